The van der Waals surface area contributed by atoms with E-state index in [9.17, 15) is 53.7 Å². The molecule has 7 amide bonds. The lowest BCUT2D eigenvalue weighted by Crippen LogP contribution is -2.61. The number of aliphatic hydroxyl groups is 2. The van der Waals surface area contributed by atoms with Crippen molar-refractivity contribution >= 4 is 53.3 Å². The number of nitrogens with zero attached hydrogens (tertiary/aromatic N) is 1. The zero-order chi connectivity index (χ0) is 37.1. The standard InChI is InChI=1S/C26H47N11O11/c1-11(2)19(37-23(45)16(10-39)35-20(42)12(27)5-6-17(28)40)24(46)36-15(9-38)22(44)33-13(4-3-7-32-26(30)31)21(43)34-14(25(47)48)8-18(29)41/h11-16,19,38-39H,3-10,27H2,1-2H3,(H2,28,40)(H2,29,41)(H,33,44)(H,34,43)(H,35,42)(H,36,46)(H,37,45)(H,47,48)(H4,30,31,32)/t12-,13-,14-,15-,16-,19-/m0/s1. The third kappa shape index (κ3) is 16.5. The van der Waals surface area contributed by atoms with Crippen LogP contribution in [0.5, 0.6) is 0 Å². The van der Waals surface area contributed by atoms with Crippen LogP contribution in [0.1, 0.15) is 46.0 Å². The number of aliphatic hydroxyl groups excluding tert-OH is 2. The monoisotopic (exact) mass is 689 g/mol. The molecule has 0 rings (SSSR count). The Balaban J connectivity index is 5.76. The summed E-state index contributed by atoms with van der Waals surface area (Å²) < 4.78 is 0. The number of aliphatic carboxylic acids is 1. The number of rotatable bonds is 23. The maximum Gasteiger partial charge on any atom is 0.326 e. The topological polar surface area (TPSA) is 400 Å². The summed E-state index contributed by atoms with van der Waals surface area (Å²) in [5.41, 5.74) is 26.3. The van der Waals surface area contributed by atoms with Crippen molar-refractivity contribution < 1.29 is 53.7 Å². The Morgan fingerprint density at radius 3 is 1.58 bits per heavy atom. The number of carboxylic acids is 1. The van der Waals surface area contributed by atoms with Crippen LogP contribution in [0, 0.1) is 5.92 Å². The maximum atomic E-state index is 13.1. The molecule has 18 N–H and O–H groups in total. The van der Waals surface area contributed by atoms with Crippen molar-refractivity contribution in [1.82, 2.24) is 26.6 Å². The predicted octanol–water partition coefficient (Wildman–Crippen LogP) is -7.34. The second-order valence-corrected chi connectivity index (χ2v) is 10.9. The first-order valence-corrected chi connectivity index (χ1v) is 14.7. The highest BCUT2D eigenvalue weighted by molar-refractivity contribution is 5.97. The number of primary amides is 2. The molecule has 48 heavy (non-hydrogen) atoms. The number of nitrogens with one attached hydrogen (secondary N) is 5. The number of guanidine groups is 1. The van der Waals surface area contributed by atoms with E-state index in [1.54, 1.807) is 0 Å². The van der Waals surface area contributed by atoms with Crippen LogP contribution in [0.2, 0.25) is 0 Å². The van der Waals surface area contributed by atoms with Crippen LogP contribution < -0.4 is 55.3 Å². The second kappa shape index (κ2) is 21.7. The van der Waals surface area contributed by atoms with Crippen LogP contribution in [0.25, 0.3) is 0 Å². The van der Waals surface area contributed by atoms with Crippen LogP contribution in [-0.4, -0.2) is 125 Å². The molecular weight excluding hydrogens is 642 g/mol. The normalized spacial score (nSPS) is 14.5. The Morgan fingerprint density at radius 1 is 0.646 bits per heavy atom. The molecule has 0 spiro atoms. The van der Waals surface area contributed by atoms with E-state index in [-0.39, 0.29) is 38.2 Å². The van der Waals surface area contributed by atoms with Crippen molar-refractivity contribution in [1.29, 1.82) is 0 Å². The van der Waals surface area contributed by atoms with Gasteiger partial charge in [-0.25, -0.2) is 4.79 Å². The number of carbonyl (C=O) groups excluding carboxylic acids is 7. The van der Waals surface area contributed by atoms with Crippen LogP contribution in [0.3, 0.4) is 0 Å². The quantitative estimate of drug-likeness (QED) is 0.0269. The molecule has 0 saturated carbocycles. The molecule has 0 heterocycles. The third-order valence-corrected chi connectivity index (χ3v) is 6.51. The fourth-order valence-electron chi connectivity index (χ4n) is 3.86. The molecule has 0 unspecified atom stereocenters. The summed E-state index contributed by atoms with van der Waals surface area (Å²) in [4.78, 5) is 102. The van der Waals surface area contributed by atoms with E-state index >= 15 is 0 Å². The Hall–Kier alpha value is -5.09. The number of hydrogen-bond acceptors (Lipinski definition) is 12. The van der Waals surface area contributed by atoms with Gasteiger partial charge in [-0.3, -0.25) is 38.6 Å². The average Bonchev–Trinajstić information content (AvgIpc) is 2.99. The summed E-state index contributed by atoms with van der Waals surface area (Å²) in [6.45, 7) is 1.16. The fourth-order valence-corrected chi connectivity index (χ4v) is 3.86. The molecule has 0 aromatic heterocycles. The van der Waals surface area contributed by atoms with Gasteiger partial charge in [0.05, 0.1) is 25.7 Å². The van der Waals surface area contributed by atoms with Gasteiger partial charge in [-0.15, -0.1) is 0 Å². The van der Waals surface area contributed by atoms with Crippen LogP contribution in [-0.2, 0) is 38.4 Å². The van der Waals surface area contributed by atoms with E-state index in [4.69, 9.17) is 28.7 Å². The largest absolute Gasteiger partial charge is 0.480 e. The SMILES string of the molecule is CC(C)[C@H](NC(=O)[C@H](CO)NC(=O)[C@@H](N)CCC(N)=O)C(=O)N[C@@H](CO)C(=O)N[C@@H](CCCN=C(N)N)C(=O)N[C@@H](CC(N)=O)C(=O)O. The minimum Gasteiger partial charge on any atom is -0.480 e. The summed E-state index contributed by atoms with van der Waals surface area (Å²) >= 11 is 0. The molecule has 0 saturated heterocycles. The highest BCUT2D eigenvalue weighted by Gasteiger charge is 2.33. The summed E-state index contributed by atoms with van der Waals surface area (Å²) in [6.07, 6.45) is -1.15. The van der Waals surface area contributed by atoms with E-state index < -0.39 is 109 Å². The van der Waals surface area contributed by atoms with E-state index in [1.807, 2.05) is 0 Å². The van der Waals surface area contributed by atoms with Crippen LogP contribution in [0.15, 0.2) is 4.99 Å². The Labute approximate surface area is 275 Å². The molecule has 0 bridgehead atoms. The first-order valence-electron chi connectivity index (χ1n) is 14.7. The van der Waals surface area contributed by atoms with Gasteiger partial charge in [0.15, 0.2) is 5.96 Å². The first kappa shape index (κ1) is 42.9. The molecule has 22 nitrogen and oxygen atoms in total. The zero-order valence-electron chi connectivity index (χ0n) is 26.6. The van der Waals surface area contributed by atoms with Gasteiger partial charge in [0, 0.05) is 13.0 Å². The Morgan fingerprint density at radius 2 is 1.12 bits per heavy atom. The number of nitrogens with two attached hydrogens (primary N) is 5. The number of carboxylic acid groups (broad SMARTS) is 1. The van der Waals surface area contributed by atoms with Crippen molar-refractivity contribution in [2.24, 2.45) is 39.6 Å². The summed E-state index contributed by atoms with van der Waals surface area (Å²) in [7, 11) is 0. The van der Waals surface area contributed by atoms with Gasteiger partial charge in [-0.2, -0.15) is 0 Å². The van der Waals surface area contributed by atoms with Crippen molar-refractivity contribution in [3.63, 3.8) is 0 Å². The highest BCUT2D eigenvalue weighted by atomic mass is 16.4. The van der Waals surface area contributed by atoms with Gasteiger partial charge in [-0.05, 0) is 25.2 Å². The number of amides is 7. The lowest BCUT2D eigenvalue weighted by atomic mass is 10.0. The van der Waals surface area contributed by atoms with E-state index in [1.165, 1.54) is 13.8 Å². The van der Waals surface area contributed by atoms with Gasteiger partial charge in [-0.1, -0.05) is 13.8 Å². The molecule has 0 aliphatic heterocycles. The van der Waals surface area contributed by atoms with Gasteiger partial charge < -0.3 is 70.6 Å². The third-order valence-electron chi connectivity index (χ3n) is 6.51. The zero-order valence-corrected chi connectivity index (χ0v) is 26.6. The van der Waals surface area contributed by atoms with E-state index in [0.717, 1.165) is 0 Å². The second-order valence-electron chi connectivity index (χ2n) is 10.9. The van der Waals surface area contributed by atoms with E-state index in [0.29, 0.717) is 0 Å². The van der Waals surface area contributed by atoms with Crippen molar-refractivity contribution in [2.45, 2.75) is 82.2 Å². The van der Waals surface area contributed by atoms with Crippen molar-refractivity contribution in [3.05, 3.63) is 0 Å². The summed E-state index contributed by atoms with van der Waals surface area (Å²) in [6, 6.07) is -9.06. The number of aliphatic imine (C=N–C) groups is 1. The van der Waals surface area contributed by atoms with Gasteiger partial charge in [0.1, 0.15) is 30.2 Å². The molecule has 0 radical (unpaired) electrons. The molecule has 0 aliphatic carbocycles. The fraction of sp³-hybridized carbons (Fsp3) is 0.654. The molecule has 0 aromatic carbocycles. The molecule has 22 heteroatoms. The first-order chi connectivity index (χ1) is 22.3. The van der Waals surface area contributed by atoms with Crippen molar-refractivity contribution in [2.75, 3.05) is 19.8 Å². The predicted molar refractivity (Wildman–Crippen MR) is 166 cm³/mol. The molecule has 6 atom stereocenters. The van der Waals surface area contributed by atoms with Gasteiger partial charge in [0.2, 0.25) is 41.4 Å². The Bertz CT molecular complexity index is 1190. The minimum atomic E-state index is -1.73. The molecule has 0 fully saturated rings. The molecule has 272 valence electrons. The van der Waals surface area contributed by atoms with Crippen LogP contribution >= 0.6 is 0 Å². The smallest absolute Gasteiger partial charge is 0.326 e. The van der Waals surface area contributed by atoms with E-state index in [2.05, 4.69) is 31.6 Å². The van der Waals surface area contributed by atoms with Crippen molar-refractivity contribution in [3.8, 4) is 0 Å². The average molecular weight is 690 g/mol. The summed E-state index contributed by atoms with van der Waals surface area (Å²) in [5.74, 6) is -9.19. The number of carbonyl (C=O) groups is 8. The molecule has 0 aliphatic rings. The lowest BCUT2D eigenvalue weighted by Gasteiger charge is -2.27. The Kier molecular flexibility index (Phi) is 19.4. The highest BCUT2D eigenvalue weighted by Crippen LogP contribution is 2.06. The summed E-state index contributed by atoms with van der Waals surface area (Å²) in [5, 5.41) is 40.0. The molecule has 0 aromatic rings. The minimum absolute atomic E-state index is 0.0101. The maximum absolute atomic E-state index is 13.1. The van der Waals surface area contributed by atoms with Gasteiger partial charge in [0.25, 0.3) is 0 Å². The number of hydrogen-bond donors (Lipinski definition) is 13. The van der Waals surface area contributed by atoms with Crippen LogP contribution in [0.4, 0.5) is 0 Å². The molecular formula is C26H47N11O11. The lowest BCUT2D eigenvalue weighted by molar-refractivity contribution is -0.144. The van der Waals surface area contributed by atoms with Gasteiger partial charge >= 0.3 is 5.97 Å².